The highest BCUT2D eigenvalue weighted by atomic mass is 16.5. The van der Waals surface area contributed by atoms with Crippen LogP contribution in [0.15, 0.2) is 0 Å². The number of hydrogen-bond acceptors (Lipinski definition) is 4. The van der Waals surface area contributed by atoms with Crippen molar-refractivity contribution in [2.24, 2.45) is 5.73 Å². The van der Waals surface area contributed by atoms with Crippen LogP contribution >= 0.6 is 0 Å². The van der Waals surface area contributed by atoms with Gasteiger partial charge in [-0.15, -0.1) is 0 Å². The maximum atomic E-state index is 5.60. The van der Waals surface area contributed by atoms with Crippen molar-refractivity contribution in [1.82, 2.24) is 9.80 Å². The first kappa shape index (κ1) is 11.9. The van der Waals surface area contributed by atoms with E-state index in [0.717, 1.165) is 26.2 Å². The molecule has 1 fully saturated rings. The van der Waals surface area contributed by atoms with E-state index in [9.17, 15) is 0 Å². The van der Waals surface area contributed by atoms with Crippen molar-refractivity contribution in [1.29, 1.82) is 0 Å². The average Bonchev–Trinajstić information content (AvgIpc) is 2.19. The van der Waals surface area contributed by atoms with Crippen LogP contribution in [-0.2, 0) is 4.74 Å². The first-order valence-corrected chi connectivity index (χ1v) is 5.32. The van der Waals surface area contributed by atoms with Gasteiger partial charge in [-0.3, -0.25) is 4.90 Å². The van der Waals surface area contributed by atoms with Crippen molar-refractivity contribution in [2.75, 3.05) is 46.9 Å². The van der Waals surface area contributed by atoms with Gasteiger partial charge in [-0.2, -0.15) is 0 Å². The molecule has 1 aliphatic rings. The van der Waals surface area contributed by atoms with Gasteiger partial charge in [-0.05, 0) is 14.0 Å². The van der Waals surface area contributed by atoms with E-state index < -0.39 is 0 Å². The minimum atomic E-state index is 0.186. The Kier molecular flexibility index (Phi) is 4.81. The van der Waals surface area contributed by atoms with Crippen molar-refractivity contribution in [2.45, 2.75) is 19.1 Å². The molecule has 14 heavy (non-hydrogen) atoms. The van der Waals surface area contributed by atoms with Gasteiger partial charge in [-0.25, -0.2) is 0 Å². The van der Waals surface area contributed by atoms with E-state index in [1.807, 2.05) is 0 Å². The van der Waals surface area contributed by atoms with Crippen LogP contribution < -0.4 is 5.73 Å². The van der Waals surface area contributed by atoms with E-state index in [-0.39, 0.29) is 6.10 Å². The fourth-order valence-corrected chi connectivity index (χ4v) is 1.82. The Morgan fingerprint density at radius 2 is 2.21 bits per heavy atom. The molecule has 0 saturated carbocycles. The lowest BCUT2D eigenvalue weighted by Gasteiger charge is -2.38. The molecule has 0 spiro atoms. The van der Waals surface area contributed by atoms with Gasteiger partial charge in [0, 0.05) is 45.9 Å². The molecule has 0 radical (unpaired) electrons. The zero-order chi connectivity index (χ0) is 10.6. The monoisotopic (exact) mass is 201 g/mol. The number of piperazine rings is 1. The molecule has 84 valence electrons. The van der Waals surface area contributed by atoms with E-state index in [0.29, 0.717) is 12.6 Å². The second-order valence-electron chi connectivity index (χ2n) is 4.18. The Bertz CT molecular complexity index is 161. The zero-order valence-corrected chi connectivity index (χ0v) is 9.57. The molecule has 0 amide bonds. The topological polar surface area (TPSA) is 41.7 Å². The van der Waals surface area contributed by atoms with Crippen LogP contribution in [0.2, 0.25) is 0 Å². The highest BCUT2D eigenvalue weighted by Crippen LogP contribution is 2.07. The fraction of sp³-hybridized carbons (Fsp3) is 1.00. The SMILES string of the molecule is COC(CN)CN1CCN(C)C(C)C1. The lowest BCUT2D eigenvalue weighted by atomic mass is 10.2. The summed E-state index contributed by atoms with van der Waals surface area (Å²) in [5.41, 5.74) is 5.60. The largest absolute Gasteiger partial charge is 0.379 e. The third-order valence-electron chi connectivity index (χ3n) is 3.10. The molecule has 0 aromatic rings. The number of hydrogen-bond donors (Lipinski definition) is 1. The number of nitrogens with two attached hydrogens (primary N) is 1. The lowest BCUT2D eigenvalue weighted by molar-refractivity contribution is 0.0368. The van der Waals surface area contributed by atoms with Gasteiger partial charge in [0.15, 0.2) is 0 Å². The van der Waals surface area contributed by atoms with Gasteiger partial charge in [-0.1, -0.05) is 0 Å². The summed E-state index contributed by atoms with van der Waals surface area (Å²) in [6.07, 6.45) is 0.186. The molecule has 0 aromatic heterocycles. The van der Waals surface area contributed by atoms with Crippen LogP contribution in [0.1, 0.15) is 6.92 Å². The van der Waals surface area contributed by atoms with Gasteiger partial charge in [0.05, 0.1) is 6.10 Å². The van der Waals surface area contributed by atoms with Crippen molar-refractivity contribution in [3.8, 4) is 0 Å². The number of likely N-dealkylation sites (N-methyl/N-ethyl adjacent to an activating group) is 1. The Hall–Kier alpha value is -0.160. The lowest BCUT2D eigenvalue weighted by Crippen LogP contribution is -2.52. The fourth-order valence-electron chi connectivity index (χ4n) is 1.82. The highest BCUT2D eigenvalue weighted by molar-refractivity contribution is 4.78. The summed E-state index contributed by atoms with van der Waals surface area (Å²) in [5.74, 6) is 0. The second-order valence-corrected chi connectivity index (χ2v) is 4.18. The van der Waals surface area contributed by atoms with Gasteiger partial charge >= 0.3 is 0 Å². The Labute approximate surface area is 87.0 Å². The van der Waals surface area contributed by atoms with Crippen molar-refractivity contribution in [3.63, 3.8) is 0 Å². The van der Waals surface area contributed by atoms with Gasteiger partial charge < -0.3 is 15.4 Å². The van der Waals surface area contributed by atoms with Crippen molar-refractivity contribution < 1.29 is 4.74 Å². The first-order valence-electron chi connectivity index (χ1n) is 5.32. The minimum absolute atomic E-state index is 0.186. The molecule has 0 bridgehead atoms. The quantitative estimate of drug-likeness (QED) is 0.672. The van der Waals surface area contributed by atoms with E-state index in [4.69, 9.17) is 10.5 Å². The summed E-state index contributed by atoms with van der Waals surface area (Å²) in [5, 5.41) is 0. The molecule has 1 saturated heterocycles. The molecule has 1 heterocycles. The summed E-state index contributed by atoms with van der Waals surface area (Å²) in [7, 11) is 3.91. The molecule has 1 rings (SSSR count). The maximum absolute atomic E-state index is 5.60. The minimum Gasteiger partial charge on any atom is -0.379 e. The average molecular weight is 201 g/mol. The number of nitrogens with zero attached hydrogens (tertiary/aromatic N) is 2. The van der Waals surface area contributed by atoms with Crippen LogP contribution in [0.4, 0.5) is 0 Å². The molecule has 2 atom stereocenters. The summed E-state index contributed by atoms with van der Waals surface area (Å²) < 4.78 is 5.28. The van der Waals surface area contributed by atoms with E-state index in [1.54, 1.807) is 7.11 Å². The molecule has 4 heteroatoms. The number of ether oxygens (including phenoxy) is 1. The van der Waals surface area contributed by atoms with E-state index >= 15 is 0 Å². The van der Waals surface area contributed by atoms with Gasteiger partial charge in [0.25, 0.3) is 0 Å². The normalized spacial score (nSPS) is 27.9. The summed E-state index contributed by atoms with van der Waals surface area (Å²) in [6, 6.07) is 0.638. The molecular formula is C10H23N3O. The molecule has 0 aliphatic carbocycles. The van der Waals surface area contributed by atoms with Gasteiger partial charge in [0.2, 0.25) is 0 Å². The van der Waals surface area contributed by atoms with Crippen molar-refractivity contribution >= 4 is 0 Å². The zero-order valence-electron chi connectivity index (χ0n) is 9.57. The molecule has 1 aliphatic heterocycles. The molecule has 2 unspecified atom stereocenters. The number of rotatable bonds is 4. The molecule has 0 aromatic carbocycles. The van der Waals surface area contributed by atoms with Crippen LogP contribution in [-0.4, -0.2) is 68.8 Å². The standard InChI is InChI=1S/C10H23N3O/c1-9-7-13(5-4-12(9)2)8-10(6-11)14-3/h9-10H,4-8,11H2,1-3H3. The maximum Gasteiger partial charge on any atom is 0.0820 e. The van der Waals surface area contributed by atoms with Crippen LogP contribution in [0.25, 0.3) is 0 Å². The second kappa shape index (κ2) is 5.66. The van der Waals surface area contributed by atoms with E-state index in [1.165, 1.54) is 0 Å². The highest BCUT2D eigenvalue weighted by Gasteiger charge is 2.22. The van der Waals surface area contributed by atoms with Crippen LogP contribution in [0.3, 0.4) is 0 Å². The van der Waals surface area contributed by atoms with E-state index in [2.05, 4.69) is 23.8 Å². The van der Waals surface area contributed by atoms with Crippen LogP contribution in [0.5, 0.6) is 0 Å². The predicted molar refractivity (Wildman–Crippen MR) is 58.4 cm³/mol. The summed E-state index contributed by atoms with van der Waals surface area (Å²) >= 11 is 0. The third-order valence-corrected chi connectivity index (χ3v) is 3.10. The third kappa shape index (κ3) is 3.20. The smallest absolute Gasteiger partial charge is 0.0820 e. The Balaban J connectivity index is 2.32. The van der Waals surface area contributed by atoms with Gasteiger partial charge in [0.1, 0.15) is 0 Å². The molecule has 4 nitrogen and oxygen atoms in total. The Morgan fingerprint density at radius 3 is 2.71 bits per heavy atom. The Morgan fingerprint density at radius 1 is 1.50 bits per heavy atom. The molecular weight excluding hydrogens is 178 g/mol. The number of methoxy groups -OCH3 is 1. The van der Waals surface area contributed by atoms with Crippen LogP contribution in [0, 0.1) is 0 Å². The predicted octanol–water partition coefficient (Wildman–Crippen LogP) is -0.404. The summed E-state index contributed by atoms with van der Waals surface area (Å²) in [4.78, 5) is 4.83. The first-order chi connectivity index (χ1) is 6.67. The summed E-state index contributed by atoms with van der Waals surface area (Å²) in [6.45, 7) is 7.22. The van der Waals surface area contributed by atoms with Crippen molar-refractivity contribution in [3.05, 3.63) is 0 Å². The molecule has 2 N–H and O–H groups in total.